The molecule has 216 valence electrons. The zero-order chi connectivity index (χ0) is 29.4. The molecule has 1 amide bonds. The number of nitriles is 1. The molecule has 0 unspecified atom stereocenters. The molecule has 1 aliphatic heterocycles. The Morgan fingerprint density at radius 1 is 1.10 bits per heavy atom. The molecular formula is C31H33F3N4O3. The van der Waals surface area contributed by atoms with Gasteiger partial charge in [-0.3, -0.25) is 4.79 Å². The average molecular weight is 567 g/mol. The Labute approximate surface area is 237 Å². The predicted octanol–water partition coefficient (Wildman–Crippen LogP) is 5.77. The monoisotopic (exact) mass is 566 g/mol. The summed E-state index contributed by atoms with van der Waals surface area (Å²) in [7, 11) is 0. The number of halogens is 3. The summed E-state index contributed by atoms with van der Waals surface area (Å²) in [5, 5.41) is 12.3. The molecular weight excluding hydrogens is 533 g/mol. The molecule has 7 nitrogen and oxygen atoms in total. The third-order valence-corrected chi connectivity index (χ3v) is 6.91. The summed E-state index contributed by atoms with van der Waals surface area (Å²) in [5.74, 6) is 0.664. The molecule has 1 fully saturated rings. The van der Waals surface area contributed by atoms with Crippen molar-refractivity contribution >= 4 is 11.6 Å². The van der Waals surface area contributed by atoms with E-state index in [4.69, 9.17) is 15.2 Å². The van der Waals surface area contributed by atoms with Crippen molar-refractivity contribution in [1.29, 1.82) is 5.26 Å². The van der Waals surface area contributed by atoms with E-state index in [2.05, 4.69) is 10.2 Å². The van der Waals surface area contributed by atoms with Crippen molar-refractivity contribution < 1.29 is 27.4 Å². The van der Waals surface area contributed by atoms with Crippen molar-refractivity contribution in [3.63, 3.8) is 0 Å². The fraction of sp³-hybridized carbons (Fsp3) is 0.355. The number of nitrogens with two attached hydrogens (primary N) is 1. The zero-order valence-corrected chi connectivity index (χ0v) is 22.8. The van der Waals surface area contributed by atoms with Crippen molar-refractivity contribution in [2.75, 3.05) is 37.7 Å². The van der Waals surface area contributed by atoms with E-state index in [1.807, 2.05) is 55.5 Å². The van der Waals surface area contributed by atoms with Crippen LogP contribution in [0.2, 0.25) is 0 Å². The van der Waals surface area contributed by atoms with E-state index in [0.29, 0.717) is 57.6 Å². The number of carbonyl (C=O) groups excluding carboxylic acids is 1. The molecule has 4 rings (SSSR count). The lowest BCUT2D eigenvalue weighted by Gasteiger charge is -2.35. The number of alkyl halides is 3. The molecule has 3 aromatic carbocycles. The SMILES string of the molecule is CCOc1ccccc1-c1ccc(N2CCC(Oc3ccc(C(F)(F)F)cc3C#N)CC2)c(C(=O)NCCCN)c1. The molecule has 1 aliphatic rings. The van der Waals surface area contributed by atoms with Gasteiger partial charge in [0.2, 0.25) is 0 Å². The highest BCUT2D eigenvalue weighted by Crippen LogP contribution is 2.36. The highest BCUT2D eigenvalue weighted by atomic mass is 19.4. The zero-order valence-electron chi connectivity index (χ0n) is 22.8. The van der Waals surface area contributed by atoms with Crippen LogP contribution in [0, 0.1) is 11.3 Å². The quantitative estimate of drug-likeness (QED) is 0.302. The molecule has 3 N–H and O–H groups in total. The number of ether oxygens (including phenoxy) is 2. The number of hydrogen-bond donors (Lipinski definition) is 2. The van der Waals surface area contributed by atoms with Gasteiger partial charge >= 0.3 is 6.18 Å². The van der Waals surface area contributed by atoms with Crippen molar-refractivity contribution in [3.8, 4) is 28.7 Å². The third-order valence-electron chi connectivity index (χ3n) is 6.91. The van der Waals surface area contributed by atoms with Crippen LogP contribution in [0.15, 0.2) is 60.7 Å². The summed E-state index contributed by atoms with van der Waals surface area (Å²) in [5.41, 5.74) is 7.61. The Morgan fingerprint density at radius 3 is 2.54 bits per heavy atom. The summed E-state index contributed by atoms with van der Waals surface area (Å²) in [6.07, 6.45) is -3.03. The van der Waals surface area contributed by atoms with Crippen molar-refractivity contribution in [2.24, 2.45) is 5.73 Å². The first kappa shape index (κ1) is 29.7. The number of nitrogens with zero attached hydrogens (tertiary/aromatic N) is 2. The number of para-hydroxylation sites is 1. The van der Waals surface area contributed by atoms with Crippen LogP contribution in [-0.4, -0.2) is 44.8 Å². The minimum atomic E-state index is -4.54. The van der Waals surface area contributed by atoms with Crippen LogP contribution in [0.5, 0.6) is 11.5 Å². The van der Waals surface area contributed by atoms with Crippen LogP contribution >= 0.6 is 0 Å². The lowest BCUT2D eigenvalue weighted by atomic mass is 9.98. The van der Waals surface area contributed by atoms with Gasteiger partial charge in [-0.15, -0.1) is 0 Å². The molecule has 3 aromatic rings. The predicted molar refractivity (Wildman–Crippen MR) is 151 cm³/mol. The van der Waals surface area contributed by atoms with E-state index in [-0.39, 0.29) is 23.3 Å². The van der Waals surface area contributed by atoms with Crippen molar-refractivity contribution in [1.82, 2.24) is 5.32 Å². The van der Waals surface area contributed by atoms with Crippen molar-refractivity contribution in [3.05, 3.63) is 77.4 Å². The van der Waals surface area contributed by atoms with Gasteiger partial charge < -0.3 is 25.4 Å². The molecule has 10 heteroatoms. The molecule has 0 saturated carbocycles. The lowest BCUT2D eigenvalue weighted by molar-refractivity contribution is -0.137. The summed E-state index contributed by atoms with van der Waals surface area (Å²) in [6, 6.07) is 18.2. The van der Waals surface area contributed by atoms with E-state index < -0.39 is 11.7 Å². The molecule has 0 bridgehead atoms. The summed E-state index contributed by atoms with van der Waals surface area (Å²) in [6.45, 7) is 4.48. The van der Waals surface area contributed by atoms with Crippen LogP contribution in [0.1, 0.15) is 47.7 Å². The minimum Gasteiger partial charge on any atom is -0.493 e. The molecule has 1 saturated heterocycles. The normalized spacial score (nSPS) is 13.9. The molecule has 0 atom stereocenters. The largest absolute Gasteiger partial charge is 0.493 e. The van der Waals surface area contributed by atoms with E-state index in [9.17, 15) is 23.2 Å². The third kappa shape index (κ3) is 7.30. The molecule has 41 heavy (non-hydrogen) atoms. The molecule has 0 spiro atoms. The number of anilines is 1. The number of rotatable bonds is 10. The summed E-state index contributed by atoms with van der Waals surface area (Å²) >= 11 is 0. The maximum absolute atomic E-state index is 13.3. The second-order valence-corrected chi connectivity index (χ2v) is 9.68. The van der Waals surface area contributed by atoms with Gasteiger partial charge in [-0.2, -0.15) is 18.4 Å². The van der Waals surface area contributed by atoms with Gasteiger partial charge in [0.05, 0.1) is 23.3 Å². The van der Waals surface area contributed by atoms with Crippen LogP contribution < -0.4 is 25.4 Å². The highest BCUT2D eigenvalue weighted by molar-refractivity contribution is 6.01. The highest BCUT2D eigenvalue weighted by Gasteiger charge is 2.32. The maximum atomic E-state index is 13.3. The molecule has 1 heterocycles. The van der Waals surface area contributed by atoms with E-state index >= 15 is 0 Å². The standard InChI is InChI=1S/C31H33F3N4O3/c1-2-40-29-7-4-3-6-25(29)21-8-10-27(26(19-21)30(39)37-15-5-14-35)38-16-12-24(13-17-38)41-28-11-9-23(31(32,33)34)18-22(28)20-36/h3-4,6-11,18-19,24H,2,5,12-17,35H2,1H3,(H,37,39). The van der Waals surface area contributed by atoms with Crippen LogP contribution in [0.25, 0.3) is 11.1 Å². The fourth-order valence-electron chi connectivity index (χ4n) is 4.84. The van der Waals surface area contributed by atoms with Crippen LogP contribution in [0.3, 0.4) is 0 Å². The van der Waals surface area contributed by atoms with Crippen LogP contribution in [-0.2, 0) is 6.18 Å². The Balaban J connectivity index is 1.54. The van der Waals surface area contributed by atoms with Gasteiger partial charge in [-0.1, -0.05) is 24.3 Å². The Hall–Kier alpha value is -4.23. The Morgan fingerprint density at radius 2 is 1.85 bits per heavy atom. The summed E-state index contributed by atoms with van der Waals surface area (Å²) < 4.78 is 50.9. The molecule has 0 aliphatic carbocycles. The first-order valence-electron chi connectivity index (χ1n) is 13.6. The van der Waals surface area contributed by atoms with Gasteiger partial charge in [-0.05, 0) is 61.9 Å². The number of hydrogen-bond acceptors (Lipinski definition) is 6. The number of nitrogens with one attached hydrogen (secondary N) is 1. The van der Waals surface area contributed by atoms with Gasteiger partial charge in [0, 0.05) is 43.7 Å². The first-order valence-corrected chi connectivity index (χ1v) is 13.6. The number of amides is 1. The van der Waals surface area contributed by atoms with E-state index in [1.54, 1.807) is 0 Å². The van der Waals surface area contributed by atoms with Crippen molar-refractivity contribution in [2.45, 2.75) is 38.5 Å². The topological polar surface area (TPSA) is 101 Å². The van der Waals surface area contributed by atoms with Crippen LogP contribution in [0.4, 0.5) is 18.9 Å². The Bertz CT molecular complexity index is 1400. The number of piperidine rings is 1. The smallest absolute Gasteiger partial charge is 0.416 e. The number of carbonyl (C=O) groups is 1. The first-order chi connectivity index (χ1) is 19.7. The fourth-order valence-corrected chi connectivity index (χ4v) is 4.84. The van der Waals surface area contributed by atoms with E-state index in [1.165, 1.54) is 6.07 Å². The lowest BCUT2D eigenvalue weighted by Crippen LogP contribution is -2.39. The Kier molecular flexibility index (Phi) is 9.73. The average Bonchev–Trinajstić information content (AvgIpc) is 2.97. The second kappa shape index (κ2) is 13.4. The van der Waals surface area contributed by atoms with Gasteiger partial charge in [-0.25, -0.2) is 0 Å². The summed E-state index contributed by atoms with van der Waals surface area (Å²) in [4.78, 5) is 15.4. The maximum Gasteiger partial charge on any atom is 0.416 e. The van der Waals surface area contributed by atoms with Gasteiger partial charge in [0.1, 0.15) is 23.7 Å². The molecule has 0 aromatic heterocycles. The van der Waals surface area contributed by atoms with E-state index in [0.717, 1.165) is 34.7 Å². The van der Waals surface area contributed by atoms with Gasteiger partial charge in [0.25, 0.3) is 5.91 Å². The molecule has 0 radical (unpaired) electrons. The number of benzene rings is 3. The minimum absolute atomic E-state index is 0.135. The second-order valence-electron chi connectivity index (χ2n) is 9.68. The van der Waals surface area contributed by atoms with Gasteiger partial charge in [0.15, 0.2) is 0 Å².